The molecule has 2 heterocycles. The number of piperazine rings is 1. The van der Waals surface area contributed by atoms with Gasteiger partial charge in [-0.15, -0.1) is 0 Å². The van der Waals surface area contributed by atoms with E-state index in [1.54, 1.807) is 12.3 Å². The molecule has 0 radical (unpaired) electrons. The number of nitrogens with zero attached hydrogens (tertiary/aromatic N) is 3. The summed E-state index contributed by atoms with van der Waals surface area (Å²) in [7, 11) is -4.28. The monoisotopic (exact) mass is 419 g/mol. The van der Waals surface area contributed by atoms with Gasteiger partial charge in [-0.1, -0.05) is 17.7 Å². The van der Waals surface area contributed by atoms with Crippen molar-refractivity contribution in [1.82, 2.24) is 14.2 Å². The Morgan fingerprint density at radius 2 is 1.78 bits per heavy atom. The third-order valence-electron chi connectivity index (χ3n) is 4.31. The van der Waals surface area contributed by atoms with Crippen LogP contribution in [0.5, 0.6) is 0 Å². The fourth-order valence-electron chi connectivity index (χ4n) is 2.94. The van der Waals surface area contributed by atoms with Crippen LogP contribution in [0.4, 0.5) is 13.2 Å². The lowest BCUT2D eigenvalue weighted by molar-refractivity contribution is -0.139. The van der Waals surface area contributed by atoms with Gasteiger partial charge in [0.2, 0.25) is 10.0 Å². The summed E-state index contributed by atoms with van der Waals surface area (Å²) in [4.78, 5) is 5.47. The van der Waals surface area contributed by atoms with Crippen molar-refractivity contribution in [2.45, 2.75) is 17.6 Å². The SMILES string of the molecule is O=S(=O)(c1ccc(Cl)cc1C(F)(F)F)N1CCN(Cc2ccccn2)CC1. The molecule has 0 saturated carbocycles. The quantitative estimate of drug-likeness (QED) is 0.763. The number of pyridine rings is 1. The maximum absolute atomic E-state index is 13.3. The number of halogens is 4. The smallest absolute Gasteiger partial charge is 0.295 e. The average Bonchev–Trinajstić information content (AvgIpc) is 2.62. The first-order valence-electron chi connectivity index (χ1n) is 8.17. The van der Waals surface area contributed by atoms with E-state index in [1.165, 1.54) is 0 Å². The van der Waals surface area contributed by atoms with E-state index in [2.05, 4.69) is 4.98 Å². The second-order valence-electron chi connectivity index (χ2n) is 6.14. The molecule has 1 fully saturated rings. The summed E-state index contributed by atoms with van der Waals surface area (Å²) >= 11 is 5.63. The van der Waals surface area contributed by atoms with E-state index >= 15 is 0 Å². The van der Waals surface area contributed by atoms with Gasteiger partial charge in [-0.05, 0) is 30.3 Å². The number of rotatable bonds is 4. The van der Waals surface area contributed by atoms with Gasteiger partial charge in [-0.3, -0.25) is 9.88 Å². The zero-order valence-corrected chi connectivity index (χ0v) is 15.7. The Morgan fingerprint density at radius 1 is 1.07 bits per heavy atom. The first kappa shape index (κ1) is 20.1. The average molecular weight is 420 g/mol. The first-order chi connectivity index (χ1) is 12.7. The second kappa shape index (κ2) is 7.75. The Balaban J connectivity index is 1.76. The summed E-state index contributed by atoms with van der Waals surface area (Å²) in [6.45, 7) is 1.59. The Morgan fingerprint density at radius 3 is 2.37 bits per heavy atom. The van der Waals surface area contributed by atoms with Crippen LogP contribution in [0, 0.1) is 0 Å². The van der Waals surface area contributed by atoms with Gasteiger partial charge in [-0.25, -0.2) is 8.42 Å². The third kappa shape index (κ3) is 4.60. The molecule has 0 atom stereocenters. The van der Waals surface area contributed by atoms with Crippen LogP contribution in [-0.4, -0.2) is 48.8 Å². The summed E-state index contributed by atoms with van der Waals surface area (Å²) in [6.07, 6.45) is -3.14. The molecule has 1 aromatic carbocycles. The van der Waals surface area contributed by atoms with Crippen molar-refractivity contribution in [2.24, 2.45) is 0 Å². The molecule has 1 aromatic heterocycles. The maximum atomic E-state index is 13.3. The van der Waals surface area contributed by atoms with E-state index in [4.69, 9.17) is 11.6 Å². The molecule has 10 heteroatoms. The predicted molar refractivity (Wildman–Crippen MR) is 94.7 cm³/mol. The van der Waals surface area contributed by atoms with Gasteiger partial charge < -0.3 is 0 Å². The molecule has 0 spiro atoms. The summed E-state index contributed by atoms with van der Waals surface area (Å²) < 4.78 is 66.5. The number of hydrogen-bond acceptors (Lipinski definition) is 4. The molecule has 0 amide bonds. The minimum Gasteiger partial charge on any atom is -0.295 e. The lowest BCUT2D eigenvalue weighted by atomic mass is 10.2. The topological polar surface area (TPSA) is 53.5 Å². The fourth-order valence-corrected chi connectivity index (χ4v) is 4.72. The van der Waals surface area contributed by atoms with E-state index in [1.807, 2.05) is 17.0 Å². The minimum absolute atomic E-state index is 0.106. The summed E-state index contributed by atoms with van der Waals surface area (Å²) in [6, 6.07) is 8.25. The van der Waals surface area contributed by atoms with Crippen LogP contribution < -0.4 is 0 Å². The van der Waals surface area contributed by atoms with Gasteiger partial charge in [0.25, 0.3) is 0 Å². The fraction of sp³-hybridized carbons (Fsp3) is 0.353. The molecule has 5 nitrogen and oxygen atoms in total. The van der Waals surface area contributed by atoms with Crippen LogP contribution in [-0.2, 0) is 22.7 Å². The van der Waals surface area contributed by atoms with Gasteiger partial charge in [0.1, 0.15) is 0 Å². The van der Waals surface area contributed by atoms with Crippen molar-refractivity contribution in [1.29, 1.82) is 0 Å². The number of sulfonamides is 1. The predicted octanol–water partition coefficient (Wildman–Crippen LogP) is 3.26. The lowest BCUT2D eigenvalue weighted by Crippen LogP contribution is -2.48. The first-order valence-corrected chi connectivity index (χ1v) is 9.99. The van der Waals surface area contributed by atoms with Crippen molar-refractivity contribution in [3.63, 3.8) is 0 Å². The zero-order chi connectivity index (χ0) is 19.7. The van der Waals surface area contributed by atoms with Crippen LogP contribution in [0.25, 0.3) is 0 Å². The van der Waals surface area contributed by atoms with Crippen molar-refractivity contribution < 1.29 is 21.6 Å². The molecule has 1 aliphatic heterocycles. The Kier molecular flexibility index (Phi) is 5.76. The zero-order valence-electron chi connectivity index (χ0n) is 14.2. The number of hydrogen-bond donors (Lipinski definition) is 0. The summed E-state index contributed by atoms with van der Waals surface area (Å²) in [5.41, 5.74) is -0.392. The Hall–Kier alpha value is -1.68. The number of alkyl halides is 3. The highest BCUT2D eigenvalue weighted by atomic mass is 35.5. The Bertz CT molecular complexity index is 899. The molecular weight excluding hydrogens is 403 g/mol. The largest absolute Gasteiger partial charge is 0.417 e. The molecule has 0 N–H and O–H groups in total. The molecule has 0 bridgehead atoms. The van der Waals surface area contributed by atoms with Crippen LogP contribution in [0.3, 0.4) is 0 Å². The van der Waals surface area contributed by atoms with E-state index in [9.17, 15) is 21.6 Å². The molecule has 1 aliphatic rings. The number of aromatic nitrogens is 1. The molecule has 0 unspecified atom stereocenters. The van der Waals surface area contributed by atoms with E-state index in [0.717, 1.165) is 22.1 Å². The molecule has 3 rings (SSSR count). The van der Waals surface area contributed by atoms with Gasteiger partial charge in [0.05, 0.1) is 16.2 Å². The van der Waals surface area contributed by atoms with Crippen molar-refractivity contribution in [2.75, 3.05) is 26.2 Å². The highest BCUT2D eigenvalue weighted by molar-refractivity contribution is 7.89. The van der Waals surface area contributed by atoms with Crippen LogP contribution >= 0.6 is 11.6 Å². The summed E-state index contributed by atoms with van der Waals surface area (Å²) in [5.74, 6) is 0. The molecule has 0 aliphatic carbocycles. The van der Waals surface area contributed by atoms with E-state index < -0.39 is 26.7 Å². The van der Waals surface area contributed by atoms with Crippen molar-refractivity contribution in [3.8, 4) is 0 Å². The molecule has 27 heavy (non-hydrogen) atoms. The van der Waals surface area contributed by atoms with Crippen LogP contribution in [0.2, 0.25) is 5.02 Å². The van der Waals surface area contributed by atoms with Gasteiger partial charge in [0, 0.05) is 43.9 Å². The highest BCUT2D eigenvalue weighted by Crippen LogP contribution is 2.37. The molecule has 146 valence electrons. The van der Waals surface area contributed by atoms with Crippen LogP contribution in [0.15, 0.2) is 47.5 Å². The van der Waals surface area contributed by atoms with E-state index in [-0.39, 0.29) is 18.1 Å². The standard InChI is InChI=1S/C17H17ClF3N3O2S/c18-13-4-5-16(15(11-13)17(19,20)21)27(25,26)24-9-7-23(8-10-24)12-14-3-1-2-6-22-14/h1-6,11H,7-10,12H2. The summed E-state index contributed by atoms with van der Waals surface area (Å²) in [5, 5.41) is -0.165. The minimum atomic E-state index is -4.81. The van der Waals surface area contributed by atoms with E-state index in [0.29, 0.717) is 25.7 Å². The Labute approximate surface area is 160 Å². The molecular formula is C17H17ClF3N3O2S. The maximum Gasteiger partial charge on any atom is 0.417 e. The van der Waals surface area contributed by atoms with Crippen LogP contribution in [0.1, 0.15) is 11.3 Å². The molecule has 1 saturated heterocycles. The molecule has 2 aromatic rings. The van der Waals surface area contributed by atoms with Gasteiger partial charge in [-0.2, -0.15) is 17.5 Å². The third-order valence-corrected chi connectivity index (χ3v) is 6.50. The van der Waals surface area contributed by atoms with Gasteiger partial charge >= 0.3 is 6.18 Å². The second-order valence-corrected chi connectivity index (χ2v) is 8.48. The highest BCUT2D eigenvalue weighted by Gasteiger charge is 2.40. The van der Waals surface area contributed by atoms with Crippen molar-refractivity contribution >= 4 is 21.6 Å². The lowest BCUT2D eigenvalue weighted by Gasteiger charge is -2.34. The van der Waals surface area contributed by atoms with Crippen molar-refractivity contribution in [3.05, 3.63) is 58.9 Å². The van der Waals surface area contributed by atoms with Gasteiger partial charge in [0.15, 0.2) is 0 Å². The number of benzene rings is 1. The normalized spacial score (nSPS) is 17.2.